The maximum absolute atomic E-state index is 13.4. The fourth-order valence-electron chi connectivity index (χ4n) is 4.85. The smallest absolute Gasteiger partial charge is 0.257 e. The standard InChI is InChI=1S/C26H32N2O5S2/c1-26(2)32-15-23(33-26)22-16-34-25(27-22)28-24(29)21(14-17-6-3-4-7-17)18-10-12-20(13-11-18)35(30,31)19-8-5-9-19/h10-14,16-17,19,23H,3-9,15H2,1-2H3,(H,27,28,29)/b21-14+. The summed E-state index contributed by atoms with van der Waals surface area (Å²) < 4.78 is 37.1. The van der Waals surface area contributed by atoms with E-state index in [4.69, 9.17) is 9.47 Å². The fraction of sp³-hybridized carbons (Fsp3) is 0.538. The topological polar surface area (TPSA) is 94.6 Å². The summed E-state index contributed by atoms with van der Waals surface area (Å²) in [4.78, 5) is 18.3. The van der Waals surface area contributed by atoms with E-state index in [9.17, 15) is 13.2 Å². The molecule has 2 saturated carbocycles. The number of sulfone groups is 1. The highest BCUT2D eigenvalue weighted by atomic mass is 32.2. The Morgan fingerprint density at radius 2 is 1.83 bits per heavy atom. The van der Waals surface area contributed by atoms with E-state index in [1.807, 2.05) is 25.3 Å². The minimum Gasteiger partial charge on any atom is -0.347 e. The van der Waals surface area contributed by atoms with Gasteiger partial charge in [-0.25, -0.2) is 13.4 Å². The molecular formula is C26H32N2O5S2. The minimum absolute atomic E-state index is 0.240. The number of nitrogens with one attached hydrogen (secondary N) is 1. The highest BCUT2D eigenvalue weighted by Crippen LogP contribution is 2.35. The molecule has 2 aromatic rings. The molecule has 1 aliphatic heterocycles. The molecule has 3 fully saturated rings. The summed E-state index contributed by atoms with van der Waals surface area (Å²) >= 11 is 1.35. The molecule has 1 aromatic carbocycles. The lowest BCUT2D eigenvalue weighted by Crippen LogP contribution is -2.28. The highest BCUT2D eigenvalue weighted by Gasteiger charge is 2.35. The lowest BCUT2D eigenvalue weighted by atomic mass is 9.98. The second-order valence-corrected chi connectivity index (χ2v) is 13.2. The Balaban J connectivity index is 1.35. The van der Waals surface area contributed by atoms with Crippen molar-refractivity contribution in [3.8, 4) is 0 Å². The number of aromatic nitrogens is 1. The summed E-state index contributed by atoms with van der Waals surface area (Å²) in [6.07, 6.45) is 8.63. The highest BCUT2D eigenvalue weighted by molar-refractivity contribution is 7.92. The molecule has 0 spiro atoms. The van der Waals surface area contributed by atoms with Crippen molar-refractivity contribution in [3.05, 3.63) is 47.0 Å². The molecule has 7 nitrogen and oxygen atoms in total. The third kappa shape index (κ3) is 5.38. The van der Waals surface area contributed by atoms with Crippen LogP contribution in [-0.4, -0.2) is 37.0 Å². The van der Waals surface area contributed by atoms with Crippen LogP contribution >= 0.6 is 11.3 Å². The Morgan fingerprint density at radius 3 is 2.43 bits per heavy atom. The first-order valence-electron chi connectivity index (χ1n) is 12.4. The molecular weight excluding hydrogens is 484 g/mol. The van der Waals surface area contributed by atoms with E-state index in [1.54, 1.807) is 24.3 Å². The number of thiazole rings is 1. The first-order valence-corrected chi connectivity index (χ1v) is 14.8. The van der Waals surface area contributed by atoms with Gasteiger partial charge < -0.3 is 9.47 Å². The zero-order valence-electron chi connectivity index (χ0n) is 20.2. The molecule has 2 aliphatic carbocycles. The zero-order chi connectivity index (χ0) is 24.6. The number of nitrogens with zero attached hydrogens (tertiary/aromatic N) is 1. The van der Waals surface area contributed by atoms with Gasteiger partial charge >= 0.3 is 0 Å². The number of ether oxygens (including phenoxy) is 2. The molecule has 1 N–H and O–H groups in total. The maximum Gasteiger partial charge on any atom is 0.257 e. The van der Waals surface area contributed by atoms with Crippen molar-refractivity contribution >= 4 is 37.8 Å². The number of hydrogen-bond donors (Lipinski definition) is 1. The number of carbonyl (C=O) groups excluding carboxylic acids is 1. The van der Waals surface area contributed by atoms with E-state index in [1.165, 1.54) is 11.3 Å². The summed E-state index contributed by atoms with van der Waals surface area (Å²) in [6, 6.07) is 6.79. The van der Waals surface area contributed by atoms with Gasteiger partial charge in [0.15, 0.2) is 20.8 Å². The molecule has 2 heterocycles. The second-order valence-electron chi connectivity index (χ2n) is 10.1. The second kappa shape index (κ2) is 9.76. The maximum atomic E-state index is 13.4. The van der Waals surface area contributed by atoms with E-state index >= 15 is 0 Å². The Morgan fingerprint density at radius 1 is 1.11 bits per heavy atom. The molecule has 188 valence electrons. The van der Waals surface area contributed by atoms with E-state index in [2.05, 4.69) is 10.3 Å². The molecule has 35 heavy (non-hydrogen) atoms. The summed E-state index contributed by atoms with van der Waals surface area (Å²) in [5, 5.41) is 5.05. The molecule has 1 atom stereocenters. The Bertz CT molecular complexity index is 1210. The van der Waals surface area contributed by atoms with Crippen LogP contribution in [-0.2, 0) is 24.1 Å². The van der Waals surface area contributed by atoms with Crippen LogP contribution in [0.4, 0.5) is 5.13 Å². The van der Waals surface area contributed by atoms with Crippen molar-refractivity contribution in [2.24, 2.45) is 5.92 Å². The average molecular weight is 517 g/mol. The van der Waals surface area contributed by atoms with E-state index < -0.39 is 15.6 Å². The summed E-state index contributed by atoms with van der Waals surface area (Å²) in [5.41, 5.74) is 2.01. The van der Waals surface area contributed by atoms with Crippen molar-refractivity contribution in [1.82, 2.24) is 4.98 Å². The van der Waals surface area contributed by atoms with Gasteiger partial charge in [-0.1, -0.05) is 37.5 Å². The van der Waals surface area contributed by atoms with Crippen molar-refractivity contribution in [1.29, 1.82) is 0 Å². The largest absolute Gasteiger partial charge is 0.347 e. The van der Waals surface area contributed by atoms with Gasteiger partial charge in [0.2, 0.25) is 0 Å². The Kier molecular flexibility index (Phi) is 6.87. The molecule has 0 bridgehead atoms. The SMILES string of the molecule is CC1(C)OCC(c2csc(NC(=O)/C(=C/C3CCCC3)c3ccc(S(=O)(=O)C4CCC4)cc3)n2)O1. The quantitative estimate of drug-likeness (QED) is 0.488. The number of rotatable bonds is 7. The van der Waals surface area contributed by atoms with Crippen LogP contribution in [0.1, 0.15) is 76.2 Å². The van der Waals surface area contributed by atoms with Crippen molar-refractivity contribution in [3.63, 3.8) is 0 Å². The molecule has 3 aliphatic rings. The number of carbonyl (C=O) groups is 1. The van der Waals surface area contributed by atoms with Gasteiger partial charge in [-0.2, -0.15) is 0 Å². The predicted molar refractivity (Wildman–Crippen MR) is 136 cm³/mol. The molecule has 1 amide bonds. The monoisotopic (exact) mass is 516 g/mol. The van der Waals surface area contributed by atoms with E-state index in [-0.39, 0.29) is 17.3 Å². The molecule has 5 rings (SSSR count). The van der Waals surface area contributed by atoms with Crippen LogP contribution in [0.2, 0.25) is 0 Å². The van der Waals surface area contributed by atoms with Crippen molar-refractivity contribution in [2.45, 2.75) is 80.8 Å². The normalized spacial score (nSPS) is 23.4. The third-order valence-electron chi connectivity index (χ3n) is 7.11. The van der Waals surface area contributed by atoms with Crippen molar-refractivity contribution in [2.75, 3.05) is 11.9 Å². The van der Waals surface area contributed by atoms with Gasteiger partial charge in [-0.05, 0) is 63.1 Å². The first kappa shape index (κ1) is 24.6. The molecule has 1 unspecified atom stereocenters. The van der Waals surface area contributed by atoms with Crippen LogP contribution in [0.5, 0.6) is 0 Å². The van der Waals surface area contributed by atoms with Gasteiger partial charge in [0.25, 0.3) is 5.91 Å². The summed E-state index contributed by atoms with van der Waals surface area (Å²) in [6.45, 7) is 4.16. The number of hydrogen-bond acceptors (Lipinski definition) is 7. The van der Waals surface area contributed by atoms with Gasteiger partial charge in [0, 0.05) is 11.0 Å². The number of amides is 1. The first-order chi connectivity index (χ1) is 16.7. The van der Waals surface area contributed by atoms with Crippen molar-refractivity contribution < 1.29 is 22.7 Å². The van der Waals surface area contributed by atoms with Gasteiger partial charge in [0.05, 0.1) is 22.4 Å². The average Bonchev–Trinajstić information content (AvgIpc) is 3.52. The van der Waals surface area contributed by atoms with E-state index in [0.717, 1.165) is 50.6 Å². The van der Waals surface area contributed by atoms with Crippen LogP contribution in [0.15, 0.2) is 40.6 Å². The third-order valence-corrected chi connectivity index (χ3v) is 10.2. The lowest BCUT2D eigenvalue weighted by Gasteiger charge is -2.25. The van der Waals surface area contributed by atoms with Gasteiger partial charge in [-0.15, -0.1) is 11.3 Å². The van der Waals surface area contributed by atoms with Crippen LogP contribution in [0.3, 0.4) is 0 Å². The molecule has 9 heteroatoms. The van der Waals surface area contributed by atoms with E-state index in [0.29, 0.717) is 33.7 Å². The zero-order valence-corrected chi connectivity index (χ0v) is 21.8. The number of anilines is 1. The number of allylic oxidation sites excluding steroid dienone is 1. The van der Waals surface area contributed by atoms with Gasteiger partial charge in [-0.3, -0.25) is 10.1 Å². The molecule has 1 aromatic heterocycles. The molecule has 1 saturated heterocycles. The summed E-state index contributed by atoms with van der Waals surface area (Å²) in [5.74, 6) is -0.545. The lowest BCUT2D eigenvalue weighted by molar-refractivity contribution is -0.139. The molecule has 0 radical (unpaired) electrons. The number of benzene rings is 1. The Hall–Kier alpha value is -2.07. The van der Waals surface area contributed by atoms with Crippen LogP contribution in [0.25, 0.3) is 5.57 Å². The van der Waals surface area contributed by atoms with Gasteiger partial charge in [0.1, 0.15) is 6.10 Å². The predicted octanol–water partition coefficient (Wildman–Crippen LogP) is 5.51. The van der Waals surface area contributed by atoms with Crippen LogP contribution in [0, 0.1) is 5.92 Å². The summed E-state index contributed by atoms with van der Waals surface area (Å²) in [7, 11) is -3.30. The fourth-order valence-corrected chi connectivity index (χ4v) is 7.45. The minimum atomic E-state index is -3.30. The van der Waals surface area contributed by atoms with Crippen LogP contribution < -0.4 is 5.32 Å². The Labute approximate surface area is 210 Å².